The highest BCUT2D eigenvalue weighted by Crippen LogP contribution is 2.38. The molecule has 2 nitrogen and oxygen atoms in total. The SMILES string of the molecule is C/C=C\CC(CC)c1cc(OC)c(OC)cc1Cl. The zero-order valence-corrected chi connectivity index (χ0v) is 12.3. The molecular weight excluding hydrogens is 248 g/mol. The van der Waals surface area contributed by atoms with Crippen molar-refractivity contribution in [3.8, 4) is 11.5 Å². The molecule has 1 unspecified atom stereocenters. The molecule has 18 heavy (non-hydrogen) atoms. The fourth-order valence-corrected chi connectivity index (χ4v) is 2.30. The molecule has 0 radical (unpaired) electrons. The molecule has 0 fully saturated rings. The minimum absolute atomic E-state index is 0.411. The molecule has 3 heteroatoms. The topological polar surface area (TPSA) is 18.5 Å². The normalized spacial score (nSPS) is 12.7. The standard InChI is InChI=1S/C15H21ClO2/c1-5-7-8-11(6-2)12-9-14(17-3)15(18-4)10-13(12)16/h5,7,9-11H,6,8H2,1-4H3/b7-5-. The summed E-state index contributed by atoms with van der Waals surface area (Å²) in [5, 5.41) is 0.740. The summed E-state index contributed by atoms with van der Waals surface area (Å²) in [5.74, 6) is 1.82. The van der Waals surface area contributed by atoms with Crippen molar-refractivity contribution in [2.45, 2.75) is 32.6 Å². The first kappa shape index (κ1) is 14.9. The van der Waals surface area contributed by atoms with Crippen molar-refractivity contribution < 1.29 is 9.47 Å². The maximum absolute atomic E-state index is 6.33. The van der Waals surface area contributed by atoms with Gasteiger partial charge >= 0.3 is 0 Å². The third-order valence-electron chi connectivity index (χ3n) is 3.09. The van der Waals surface area contributed by atoms with Crippen molar-refractivity contribution in [1.82, 2.24) is 0 Å². The Morgan fingerprint density at radius 2 is 1.83 bits per heavy atom. The highest BCUT2D eigenvalue weighted by atomic mass is 35.5. The van der Waals surface area contributed by atoms with Gasteiger partial charge in [0.2, 0.25) is 0 Å². The van der Waals surface area contributed by atoms with Crippen LogP contribution in [0.3, 0.4) is 0 Å². The van der Waals surface area contributed by atoms with Gasteiger partial charge in [-0.05, 0) is 37.3 Å². The fraction of sp³-hybridized carbons (Fsp3) is 0.467. The molecule has 0 bridgehead atoms. The van der Waals surface area contributed by atoms with Crippen molar-refractivity contribution >= 4 is 11.6 Å². The van der Waals surface area contributed by atoms with Gasteiger partial charge in [0.05, 0.1) is 14.2 Å². The minimum atomic E-state index is 0.411. The highest BCUT2D eigenvalue weighted by molar-refractivity contribution is 6.31. The van der Waals surface area contributed by atoms with Crippen LogP contribution in [0.2, 0.25) is 5.02 Å². The Hall–Kier alpha value is -1.15. The Kier molecular flexibility index (Phi) is 6.06. The molecule has 0 spiro atoms. The molecule has 0 amide bonds. The van der Waals surface area contributed by atoms with E-state index in [9.17, 15) is 0 Å². The van der Waals surface area contributed by atoms with Gasteiger partial charge in [0, 0.05) is 11.1 Å². The van der Waals surface area contributed by atoms with E-state index in [0.717, 1.165) is 29.2 Å². The van der Waals surface area contributed by atoms with E-state index in [1.54, 1.807) is 14.2 Å². The van der Waals surface area contributed by atoms with Crippen molar-refractivity contribution in [3.63, 3.8) is 0 Å². The predicted octanol–water partition coefficient (Wildman–Crippen LogP) is 4.82. The number of hydrogen-bond acceptors (Lipinski definition) is 2. The van der Waals surface area contributed by atoms with Crippen molar-refractivity contribution in [2.75, 3.05) is 14.2 Å². The van der Waals surface area contributed by atoms with Crippen molar-refractivity contribution in [1.29, 1.82) is 0 Å². The second-order valence-electron chi connectivity index (χ2n) is 4.14. The molecule has 0 saturated carbocycles. The number of allylic oxidation sites excluding steroid dienone is 2. The van der Waals surface area contributed by atoms with E-state index in [1.807, 2.05) is 19.1 Å². The first-order valence-electron chi connectivity index (χ1n) is 6.20. The smallest absolute Gasteiger partial charge is 0.162 e. The lowest BCUT2D eigenvalue weighted by molar-refractivity contribution is 0.354. The minimum Gasteiger partial charge on any atom is -0.493 e. The van der Waals surface area contributed by atoms with E-state index in [1.165, 1.54) is 0 Å². The summed E-state index contributed by atoms with van der Waals surface area (Å²) in [6.45, 7) is 4.20. The molecule has 1 rings (SSSR count). The van der Waals surface area contributed by atoms with Gasteiger partial charge in [0.1, 0.15) is 0 Å². The summed E-state index contributed by atoms with van der Waals surface area (Å²) in [6.07, 6.45) is 6.26. The van der Waals surface area contributed by atoms with Gasteiger partial charge in [0.15, 0.2) is 11.5 Å². The average molecular weight is 269 g/mol. The first-order chi connectivity index (χ1) is 8.67. The number of halogens is 1. The van der Waals surface area contributed by atoms with E-state index in [4.69, 9.17) is 21.1 Å². The van der Waals surface area contributed by atoms with Crippen LogP contribution in [-0.2, 0) is 0 Å². The zero-order valence-electron chi connectivity index (χ0n) is 11.5. The second-order valence-corrected chi connectivity index (χ2v) is 4.55. The summed E-state index contributed by atoms with van der Waals surface area (Å²) in [4.78, 5) is 0. The van der Waals surface area contributed by atoms with Crippen LogP contribution in [0.4, 0.5) is 0 Å². The lowest BCUT2D eigenvalue weighted by Gasteiger charge is -2.18. The molecule has 0 heterocycles. The van der Waals surface area contributed by atoms with Crippen LogP contribution in [0, 0.1) is 0 Å². The van der Waals surface area contributed by atoms with Crippen LogP contribution < -0.4 is 9.47 Å². The first-order valence-corrected chi connectivity index (χ1v) is 6.58. The molecule has 1 atom stereocenters. The van der Waals surface area contributed by atoms with Gasteiger partial charge in [-0.15, -0.1) is 0 Å². The van der Waals surface area contributed by atoms with Crippen LogP contribution in [0.25, 0.3) is 0 Å². The lowest BCUT2D eigenvalue weighted by atomic mass is 9.92. The van der Waals surface area contributed by atoms with E-state index < -0.39 is 0 Å². The van der Waals surface area contributed by atoms with E-state index in [0.29, 0.717) is 11.7 Å². The third kappa shape index (κ3) is 3.42. The largest absolute Gasteiger partial charge is 0.493 e. The predicted molar refractivity (Wildman–Crippen MR) is 77.0 cm³/mol. The Morgan fingerprint density at radius 1 is 1.22 bits per heavy atom. The molecule has 0 aliphatic rings. The Balaban J connectivity index is 3.13. The lowest BCUT2D eigenvalue weighted by Crippen LogP contribution is -2.00. The molecule has 0 aromatic heterocycles. The summed E-state index contributed by atoms with van der Waals surface area (Å²) < 4.78 is 10.6. The molecule has 0 aliphatic heterocycles. The van der Waals surface area contributed by atoms with Gasteiger partial charge in [-0.3, -0.25) is 0 Å². The number of ether oxygens (including phenoxy) is 2. The molecular formula is C15H21ClO2. The third-order valence-corrected chi connectivity index (χ3v) is 3.42. The van der Waals surface area contributed by atoms with E-state index in [2.05, 4.69) is 19.1 Å². The second kappa shape index (κ2) is 7.32. The summed E-state index contributed by atoms with van der Waals surface area (Å²) in [5.41, 5.74) is 1.12. The quantitative estimate of drug-likeness (QED) is 0.689. The fourth-order valence-electron chi connectivity index (χ4n) is 2.00. The molecule has 100 valence electrons. The molecule has 1 aromatic carbocycles. The summed E-state index contributed by atoms with van der Waals surface area (Å²) in [7, 11) is 3.26. The highest BCUT2D eigenvalue weighted by Gasteiger charge is 2.16. The number of benzene rings is 1. The number of hydrogen-bond donors (Lipinski definition) is 0. The maximum Gasteiger partial charge on any atom is 0.162 e. The molecule has 0 N–H and O–H groups in total. The maximum atomic E-state index is 6.33. The van der Waals surface area contributed by atoms with Crippen molar-refractivity contribution in [3.05, 3.63) is 34.9 Å². The van der Waals surface area contributed by atoms with Crippen LogP contribution >= 0.6 is 11.6 Å². The van der Waals surface area contributed by atoms with Crippen LogP contribution in [0.5, 0.6) is 11.5 Å². The van der Waals surface area contributed by atoms with Gasteiger partial charge in [-0.25, -0.2) is 0 Å². The molecule has 0 saturated heterocycles. The number of methoxy groups -OCH3 is 2. The van der Waals surface area contributed by atoms with E-state index in [-0.39, 0.29) is 0 Å². The molecule has 0 aliphatic carbocycles. The summed E-state index contributed by atoms with van der Waals surface area (Å²) >= 11 is 6.33. The number of rotatable bonds is 6. The van der Waals surface area contributed by atoms with Gasteiger partial charge in [-0.2, -0.15) is 0 Å². The summed E-state index contributed by atoms with van der Waals surface area (Å²) in [6, 6.07) is 3.81. The van der Waals surface area contributed by atoms with Gasteiger partial charge < -0.3 is 9.47 Å². The van der Waals surface area contributed by atoms with Crippen molar-refractivity contribution in [2.24, 2.45) is 0 Å². The molecule has 1 aromatic rings. The van der Waals surface area contributed by atoms with Gasteiger partial charge in [0.25, 0.3) is 0 Å². The van der Waals surface area contributed by atoms with Crippen LogP contribution in [0.1, 0.15) is 38.2 Å². The monoisotopic (exact) mass is 268 g/mol. The Morgan fingerprint density at radius 3 is 2.33 bits per heavy atom. The Bertz CT molecular complexity index is 413. The van der Waals surface area contributed by atoms with Crippen LogP contribution in [-0.4, -0.2) is 14.2 Å². The average Bonchev–Trinajstić information content (AvgIpc) is 2.40. The van der Waals surface area contributed by atoms with Crippen LogP contribution in [0.15, 0.2) is 24.3 Å². The Labute approximate surface area is 115 Å². The van der Waals surface area contributed by atoms with Gasteiger partial charge in [-0.1, -0.05) is 30.7 Å². The van der Waals surface area contributed by atoms with E-state index >= 15 is 0 Å². The zero-order chi connectivity index (χ0) is 13.5.